The topological polar surface area (TPSA) is 93.7 Å². The summed E-state index contributed by atoms with van der Waals surface area (Å²) in [5.74, 6) is 0.806. The minimum absolute atomic E-state index is 0.0904. The van der Waals surface area contributed by atoms with Gasteiger partial charge in [0.15, 0.2) is 0 Å². The van der Waals surface area contributed by atoms with Crippen LogP contribution in [0, 0.1) is 6.92 Å². The van der Waals surface area contributed by atoms with Crippen molar-refractivity contribution in [1.82, 2.24) is 14.9 Å². The average molecular weight is 531 g/mol. The van der Waals surface area contributed by atoms with Crippen LogP contribution in [-0.4, -0.2) is 50.5 Å². The van der Waals surface area contributed by atoms with Crippen LogP contribution in [0.15, 0.2) is 47.4 Å². The molecule has 0 spiro atoms. The third kappa shape index (κ3) is 6.66. The molecule has 0 unspecified atom stereocenters. The lowest BCUT2D eigenvalue weighted by Gasteiger charge is -2.19. The van der Waals surface area contributed by atoms with Crippen molar-refractivity contribution >= 4 is 27.4 Å². The van der Waals surface area contributed by atoms with Gasteiger partial charge in [-0.25, -0.2) is 18.4 Å². The van der Waals surface area contributed by atoms with Crippen LogP contribution in [0.1, 0.15) is 35.4 Å². The quantitative estimate of drug-likeness (QED) is 0.408. The van der Waals surface area contributed by atoms with E-state index in [1.807, 2.05) is 38.1 Å². The molecule has 0 bridgehead atoms. The van der Waals surface area contributed by atoms with Crippen molar-refractivity contribution in [2.45, 2.75) is 44.1 Å². The van der Waals surface area contributed by atoms with Gasteiger partial charge in [-0.2, -0.15) is 0 Å². The van der Waals surface area contributed by atoms with Crippen LogP contribution in [0.5, 0.6) is 11.6 Å². The maximum Gasteiger partial charge on any atom is 0.263 e. The van der Waals surface area contributed by atoms with Crippen LogP contribution in [0.2, 0.25) is 5.02 Å². The SMILES string of the molecule is Cc1ccc(S(=O)(=O)Nc2nc3c(nc2OCc2ccc(Cl)c(OCCN(C)C)c2)CCCC3)cc1. The Kier molecular flexibility index (Phi) is 8.33. The van der Waals surface area contributed by atoms with Crippen molar-refractivity contribution in [3.8, 4) is 11.6 Å². The largest absolute Gasteiger partial charge is 0.491 e. The smallest absolute Gasteiger partial charge is 0.263 e. The molecule has 1 aromatic heterocycles. The molecule has 0 saturated heterocycles. The van der Waals surface area contributed by atoms with E-state index in [1.165, 1.54) is 0 Å². The van der Waals surface area contributed by atoms with Crippen LogP contribution < -0.4 is 14.2 Å². The standard InChI is InChI=1S/C26H31ClN4O4S/c1-18-8-11-20(12-9-18)36(32,33)30-25-26(29-23-7-5-4-6-22(23)28-25)35-17-19-10-13-21(27)24(16-19)34-15-14-31(2)3/h8-13,16H,4-7,14-15,17H2,1-3H3,(H,28,30). The number of benzene rings is 2. The Morgan fingerprint density at radius 3 is 2.39 bits per heavy atom. The molecule has 0 amide bonds. The zero-order valence-electron chi connectivity index (χ0n) is 20.8. The van der Waals surface area contributed by atoms with Gasteiger partial charge in [-0.15, -0.1) is 0 Å². The summed E-state index contributed by atoms with van der Waals surface area (Å²) in [6.45, 7) is 3.30. The first-order chi connectivity index (χ1) is 17.2. The first kappa shape index (κ1) is 26.2. The highest BCUT2D eigenvalue weighted by atomic mass is 35.5. The first-order valence-electron chi connectivity index (χ1n) is 11.9. The summed E-state index contributed by atoms with van der Waals surface area (Å²) in [7, 11) is 0.0778. The second-order valence-corrected chi connectivity index (χ2v) is 11.2. The molecule has 1 aliphatic carbocycles. The number of anilines is 1. The molecule has 1 N–H and O–H groups in total. The molecule has 4 rings (SSSR count). The summed E-state index contributed by atoms with van der Waals surface area (Å²) in [6.07, 6.45) is 3.55. The van der Waals surface area contributed by atoms with Gasteiger partial charge in [0.25, 0.3) is 15.9 Å². The van der Waals surface area contributed by atoms with E-state index >= 15 is 0 Å². The van der Waals surface area contributed by atoms with Gasteiger partial charge in [0.1, 0.15) is 19.0 Å². The predicted molar refractivity (Wildman–Crippen MR) is 140 cm³/mol. The molecule has 8 nitrogen and oxygen atoms in total. The molecular formula is C26H31ClN4O4S. The number of likely N-dealkylation sites (N-methyl/N-ethyl adjacent to an activating group) is 1. The van der Waals surface area contributed by atoms with Crippen molar-refractivity contribution < 1.29 is 17.9 Å². The molecule has 10 heteroatoms. The Bertz CT molecular complexity index is 1310. The van der Waals surface area contributed by atoms with Gasteiger partial charge in [-0.3, -0.25) is 4.72 Å². The van der Waals surface area contributed by atoms with Gasteiger partial charge < -0.3 is 14.4 Å². The van der Waals surface area contributed by atoms with Crippen LogP contribution in [0.25, 0.3) is 0 Å². The fraction of sp³-hybridized carbons (Fsp3) is 0.385. The van der Waals surface area contributed by atoms with Crippen LogP contribution in [-0.2, 0) is 29.5 Å². The summed E-state index contributed by atoms with van der Waals surface area (Å²) in [5, 5.41) is 0.512. The highest BCUT2D eigenvalue weighted by Crippen LogP contribution is 2.30. The highest BCUT2D eigenvalue weighted by Gasteiger charge is 2.23. The molecule has 2 aromatic carbocycles. The van der Waals surface area contributed by atoms with Gasteiger partial charge in [0, 0.05) is 6.54 Å². The van der Waals surface area contributed by atoms with E-state index in [1.54, 1.807) is 30.3 Å². The van der Waals surface area contributed by atoms with Crippen molar-refractivity contribution in [3.05, 3.63) is 70.0 Å². The number of halogens is 1. The van der Waals surface area contributed by atoms with Crippen molar-refractivity contribution in [1.29, 1.82) is 0 Å². The fourth-order valence-electron chi connectivity index (χ4n) is 3.78. The second kappa shape index (κ2) is 11.5. The van der Waals surface area contributed by atoms with E-state index in [0.717, 1.165) is 54.7 Å². The first-order valence-corrected chi connectivity index (χ1v) is 13.8. The Morgan fingerprint density at radius 2 is 1.69 bits per heavy atom. The van der Waals surface area contributed by atoms with Crippen molar-refractivity contribution in [2.24, 2.45) is 0 Å². The fourth-order valence-corrected chi connectivity index (χ4v) is 4.95. The third-order valence-electron chi connectivity index (χ3n) is 5.83. The molecule has 0 atom stereocenters. The lowest BCUT2D eigenvalue weighted by atomic mass is 10.0. The molecule has 0 aliphatic heterocycles. The van der Waals surface area contributed by atoms with Gasteiger partial charge >= 0.3 is 0 Å². The summed E-state index contributed by atoms with van der Waals surface area (Å²) in [6, 6.07) is 12.0. The number of rotatable bonds is 10. The van der Waals surface area contributed by atoms with Gasteiger partial charge in [0.2, 0.25) is 5.82 Å². The molecule has 0 saturated carbocycles. The monoisotopic (exact) mass is 530 g/mol. The Balaban J connectivity index is 1.57. The van der Waals surface area contributed by atoms with Gasteiger partial charge in [-0.1, -0.05) is 35.4 Å². The number of aryl methyl sites for hydroxylation is 3. The Morgan fingerprint density at radius 1 is 1.00 bits per heavy atom. The van der Waals surface area contributed by atoms with Crippen LogP contribution >= 0.6 is 11.6 Å². The summed E-state index contributed by atoms with van der Waals surface area (Å²) in [4.78, 5) is 11.4. The van der Waals surface area contributed by atoms with Gasteiger partial charge in [0.05, 0.1) is 21.3 Å². The predicted octanol–water partition coefficient (Wildman–Crippen LogP) is 4.64. The minimum atomic E-state index is -3.87. The highest BCUT2D eigenvalue weighted by molar-refractivity contribution is 7.92. The number of nitrogens with one attached hydrogen (secondary N) is 1. The zero-order chi connectivity index (χ0) is 25.7. The molecule has 3 aromatic rings. The number of sulfonamides is 1. The van der Waals surface area contributed by atoms with E-state index in [0.29, 0.717) is 17.4 Å². The second-order valence-electron chi connectivity index (χ2n) is 9.10. The molecule has 1 aliphatic rings. The number of ether oxygens (including phenoxy) is 2. The molecular weight excluding hydrogens is 500 g/mol. The lowest BCUT2D eigenvalue weighted by Crippen LogP contribution is -2.19. The average Bonchev–Trinajstić information content (AvgIpc) is 2.84. The number of hydrogen-bond acceptors (Lipinski definition) is 7. The minimum Gasteiger partial charge on any atom is -0.491 e. The Labute approximate surface area is 217 Å². The maximum absolute atomic E-state index is 13.1. The summed E-state index contributed by atoms with van der Waals surface area (Å²) >= 11 is 6.30. The van der Waals surface area contributed by atoms with Crippen LogP contribution in [0.4, 0.5) is 5.82 Å². The molecule has 0 fully saturated rings. The van der Waals surface area contributed by atoms with E-state index in [2.05, 4.69) is 14.7 Å². The van der Waals surface area contributed by atoms with Crippen molar-refractivity contribution in [3.63, 3.8) is 0 Å². The summed E-state index contributed by atoms with van der Waals surface area (Å²) in [5.41, 5.74) is 3.43. The molecule has 192 valence electrons. The van der Waals surface area contributed by atoms with Crippen LogP contribution in [0.3, 0.4) is 0 Å². The van der Waals surface area contributed by atoms with E-state index < -0.39 is 10.0 Å². The number of aromatic nitrogens is 2. The zero-order valence-corrected chi connectivity index (χ0v) is 22.3. The van der Waals surface area contributed by atoms with E-state index in [4.69, 9.17) is 21.1 Å². The normalized spacial score (nSPS) is 13.4. The summed E-state index contributed by atoms with van der Waals surface area (Å²) < 4.78 is 40.6. The number of hydrogen-bond donors (Lipinski definition) is 1. The number of fused-ring (bicyclic) bond motifs is 1. The number of nitrogens with zero attached hydrogens (tertiary/aromatic N) is 3. The third-order valence-corrected chi connectivity index (χ3v) is 7.49. The lowest BCUT2D eigenvalue weighted by molar-refractivity contribution is 0.259. The molecule has 0 radical (unpaired) electrons. The van der Waals surface area contributed by atoms with Crippen molar-refractivity contribution in [2.75, 3.05) is 32.0 Å². The van der Waals surface area contributed by atoms with Gasteiger partial charge in [-0.05, 0) is 76.5 Å². The molecule has 36 heavy (non-hydrogen) atoms. The van der Waals surface area contributed by atoms with E-state index in [9.17, 15) is 8.42 Å². The van der Waals surface area contributed by atoms with E-state index in [-0.39, 0.29) is 23.2 Å². The Hall–Kier alpha value is -2.88. The maximum atomic E-state index is 13.1. The molecule has 1 heterocycles.